The van der Waals surface area contributed by atoms with E-state index in [2.05, 4.69) is 9.97 Å². The summed E-state index contributed by atoms with van der Waals surface area (Å²) in [7, 11) is 1.51. The number of nitrogens with one attached hydrogen (secondary N) is 1. The number of hydrogen-bond acceptors (Lipinski definition) is 4. The fourth-order valence-electron chi connectivity index (χ4n) is 1.29. The number of nitrogen functional groups attached to an aromatic ring is 1. The van der Waals surface area contributed by atoms with Gasteiger partial charge in [-0.1, -0.05) is 0 Å². The van der Waals surface area contributed by atoms with Gasteiger partial charge in [0.1, 0.15) is 11.3 Å². The minimum Gasteiger partial charge on any atom is -0.494 e. The molecule has 3 N–H and O–H groups in total. The highest BCUT2D eigenvalue weighted by Gasteiger charge is 2.04. The summed E-state index contributed by atoms with van der Waals surface area (Å²) in [4.78, 5) is 17.6. The minimum atomic E-state index is -0.263. The normalized spacial score (nSPS) is 10.4. The standard InChI is InChI=1S/C9H9N3O2/c1-14-7-3-5(10)2-6-9(7)12-8(13)4-11-6/h2-4H,10H2,1H3,(H,12,13). The Morgan fingerprint density at radius 2 is 2.29 bits per heavy atom. The van der Waals surface area contributed by atoms with Gasteiger partial charge in [-0.15, -0.1) is 0 Å². The molecule has 1 aromatic heterocycles. The van der Waals surface area contributed by atoms with Crippen molar-refractivity contribution in [1.29, 1.82) is 0 Å². The Labute approximate surface area is 79.5 Å². The SMILES string of the molecule is COc1cc(N)cc2ncc(=O)[nH]c12. The number of aromatic amines is 1. The summed E-state index contributed by atoms with van der Waals surface area (Å²) in [5, 5.41) is 0. The van der Waals surface area contributed by atoms with Crippen LogP contribution < -0.4 is 16.0 Å². The molecule has 72 valence electrons. The molecule has 0 saturated carbocycles. The van der Waals surface area contributed by atoms with Crippen molar-refractivity contribution in [3.8, 4) is 5.75 Å². The van der Waals surface area contributed by atoms with E-state index >= 15 is 0 Å². The molecule has 0 bridgehead atoms. The van der Waals surface area contributed by atoms with Crippen LogP contribution in [0.3, 0.4) is 0 Å². The second-order valence-corrected chi connectivity index (χ2v) is 2.86. The number of anilines is 1. The first-order chi connectivity index (χ1) is 6.70. The zero-order chi connectivity index (χ0) is 10.1. The van der Waals surface area contributed by atoms with Crippen molar-refractivity contribution >= 4 is 16.7 Å². The van der Waals surface area contributed by atoms with Gasteiger partial charge in [-0.05, 0) is 6.07 Å². The predicted molar refractivity (Wildman–Crippen MR) is 53.3 cm³/mol. The van der Waals surface area contributed by atoms with Crippen LogP contribution in [0, 0.1) is 0 Å². The molecule has 5 nitrogen and oxygen atoms in total. The maximum Gasteiger partial charge on any atom is 0.266 e. The summed E-state index contributed by atoms with van der Waals surface area (Å²) in [5.74, 6) is 0.519. The van der Waals surface area contributed by atoms with Gasteiger partial charge < -0.3 is 15.5 Å². The van der Waals surface area contributed by atoms with Crippen molar-refractivity contribution in [3.63, 3.8) is 0 Å². The van der Waals surface area contributed by atoms with Crippen molar-refractivity contribution in [2.45, 2.75) is 0 Å². The van der Waals surface area contributed by atoms with Crippen LogP contribution >= 0.6 is 0 Å². The van der Waals surface area contributed by atoms with E-state index in [0.717, 1.165) is 0 Å². The van der Waals surface area contributed by atoms with Gasteiger partial charge in [-0.25, -0.2) is 4.98 Å². The molecule has 0 unspecified atom stereocenters. The minimum absolute atomic E-state index is 0.263. The van der Waals surface area contributed by atoms with E-state index in [0.29, 0.717) is 22.5 Å². The second kappa shape index (κ2) is 3.02. The number of H-pyrrole nitrogens is 1. The molecular weight excluding hydrogens is 182 g/mol. The Kier molecular flexibility index (Phi) is 1.85. The summed E-state index contributed by atoms with van der Waals surface area (Å²) in [5.41, 5.74) is 7.09. The van der Waals surface area contributed by atoms with Crippen molar-refractivity contribution in [2.75, 3.05) is 12.8 Å². The summed E-state index contributed by atoms with van der Waals surface area (Å²) in [6.45, 7) is 0. The van der Waals surface area contributed by atoms with E-state index in [4.69, 9.17) is 10.5 Å². The van der Waals surface area contributed by atoms with Crippen molar-refractivity contribution in [2.24, 2.45) is 0 Å². The second-order valence-electron chi connectivity index (χ2n) is 2.86. The molecule has 5 heteroatoms. The van der Waals surface area contributed by atoms with Crippen molar-refractivity contribution in [3.05, 3.63) is 28.7 Å². The molecule has 0 atom stereocenters. The lowest BCUT2D eigenvalue weighted by atomic mass is 10.2. The molecule has 0 spiro atoms. The molecule has 0 amide bonds. The van der Waals surface area contributed by atoms with Gasteiger partial charge in [-0.3, -0.25) is 4.79 Å². The highest BCUT2D eigenvalue weighted by atomic mass is 16.5. The molecule has 0 aliphatic heterocycles. The number of ether oxygens (including phenoxy) is 1. The average molecular weight is 191 g/mol. The fraction of sp³-hybridized carbons (Fsp3) is 0.111. The maximum absolute atomic E-state index is 11.0. The molecular formula is C9H9N3O2. The van der Waals surface area contributed by atoms with Crippen LogP contribution in [0.15, 0.2) is 23.1 Å². The van der Waals surface area contributed by atoms with E-state index < -0.39 is 0 Å². The van der Waals surface area contributed by atoms with E-state index in [1.807, 2.05) is 0 Å². The lowest BCUT2D eigenvalue weighted by Gasteiger charge is -2.05. The zero-order valence-electron chi connectivity index (χ0n) is 7.57. The first kappa shape index (κ1) is 8.55. The predicted octanol–water partition coefficient (Wildman–Crippen LogP) is 0.514. The van der Waals surface area contributed by atoms with Gasteiger partial charge in [0.2, 0.25) is 0 Å². The van der Waals surface area contributed by atoms with E-state index in [-0.39, 0.29) is 5.56 Å². The van der Waals surface area contributed by atoms with Gasteiger partial charge >= 0.3 is 0 Å². The Balaban J connectivity index is 2.88. The molecule has 2 aromatic rings. The monoisotopic (exact) mass is 191 g/mol. The lowest BCUT2D eigenvalue weighted by molar-refractivity contribution is 0.419. The number of nitrogens with two attached hydrogens (primary N) is 1. The first-order valence-electron chi connectivity index (χ1n) is 4.03. The third-order valence-electron chi connectivity index (χ3n) is 1.89. The first-order valence-corrected chi connectivity index (χ1v) is 4.03. The van der Waals surface area contributed by atoms with Crippen LogP contribution in [0.25, 0.3) is 11.0 Å². The molecule has 0 radical (unpaired) electrons. The molecule has 1 aromatic carbocycles. The van der Waals surface area contributed by atoms with Gasteiger partial charge in [0.25, 0.3) is 5.56 Å². The molecule has 0 fully saturated rings. The van der Waals surface area contributed by atoms with Gasteiger partial charge in [-0.2, -0.15) is 0 Å². The fourth-order valence-corrected chi connectivity index (χ4v) is 1.29. The van der Waals surface area contributed by atoms with Crippen LogP contribution in [0.1, 0.15) is 0 Å². The number of hydrogen-bond donors (Lipinski definition) is 2. The number of aromatic nitrogens is 2. The van der Waals surface area contributed by atoms with Gasteiger partial charge in [0, 0.05) is 11.8 Å². The highest BCUT2D eigenvalue weighted by molar-refractivity contribution is 5.84. The van der Waals surface area contributed by atoms with Crippen LogP contribution in [0.4, 0.5) is 5.69 Å². The zero-order valence-corrected chi connectivity index (χ0v) is 7.57. The number of benzene rings is 1. The third-order valence-corrected chi connectivity index (χ3v) is 1.89. The van der Waals surface area contributed by atoms with E-state index in [9.17, 15) is 4.79 Å². The third kappa shape index (κ3) is 1.28. The summed E-state index contributed by atoms with van der Waals surface area (Å²) < 4.78 is 5.07. The molecule has 2 rings (SSSR count). The average Bonchev–Trinajstić information content (AvgIpc) is 2.17. The van der Waals surface area contributed by atoms with Crippen LogP contribution in [-0.4, -0.2) is 17.1 Å². The maximum atomic E-state index is 11.0. The number of fused-ring (bicyclic) bond motifs is 1. The smallest absolute Gasteiger partial charge is 0.266 e. The van der Waals surface area contributed by atoms with Gasteiger partial charge in [0.15, 0.2) is 0 Å². The molecule has 1 heterocycles. The van der Waals surface area contributed by atoms with Crippen LogP contribution in [0.5, 0.6) is 5.75 Å². The summed E-state index contributed by atoms with van der Waals surface area (Å²) in [6, 6.07) is 3.31. The van der Waals surface area contributed by atoms with Crippen LogP contribution in [-0.2, 0) is 0 Å². The van der Waals surface area contributed by atoms with Gasteiger partial charge in [0.05, 0.1) is 18.8 Å². The Morgan fingerprint density at radius 3 is 3.00 bits per heavy atom. The molecule has 0 aliphatic rings. The number of nitrogens with zero attached hydrogens (tertiary/aromatic N) is 1. The number of rotatable bonds is 1. The molecule has 0 aliphatic carbocycles. The summed E-state index contributed by atoms with van der Waals surface area (Å²) in [6.07, 6.45) is 1.21. The topological polar surface area (TPSA) is 81.0 Å². The van der Waals surface area contributed by atoms with E-state index in [1.165, 1.54) is 13.3 Å². The quantitative estimate of drug-likeness (QED) is 0.643. The Bertz CT molecular complexity index is 533. The van der Waals surface area contributed by atoms with Crippen molar-refractivity contribution in [1.82, 2.24) is 9.97 Å². The largest absolute Gasteiger partial charge is 0.494 e. The Morgan fingerprint density at radius 1 is 1.50 bits per heavy atom. The lowest BCUT2D eigenvalue weighted by Crippen LogP contribution is -2.06. The highest BCUT2D eigenvalue weighted by Crippen LogP contribution is 2.24. The van der Waals surface area contributed by atoms with Crippen LogP contribution in [0.2, 0.25) is 0 Å². The van der Waals surface area contributed by atoms with Crippen molar-refractivity contribution < 1.29 is 4.74 Å². The molecule has 0 saturated heterocycles. The molecule has 14 heavy (non-hydrogen) atoms. The number of methoxy groups -OCH3 is 1. The Hall–Kier alpha value is -2.04. The van der Waals surface area contributed by atoms with E-state index in [1.54, 1.807) is 12.1 Å². The summed E-state index contributed by atoms with van der Waals surface area (Å²) >= 11 is 0.